The van der Waals surface area contributed by atoms with E-state index in [1.54, 1.807) is 11.0 Å². The van der Waals surface area contributed by atoms with Crippen molar-refractivity contribution in [2.75, 3.05) is 26.2 Å². The number of alkyl halides is 7. The molecule has 0 radical (unpaired) electrons. The second-order valence-electron chi connectivity index (χ2n) is 8.58. The van der Waals surface area contributed by atoms with E-state index in [1.807, 2.05) is 16.8 Å². The molecule has 0 atom stereocenters. The van der Waals surface area contributed by atoms with Gasteiger partial charge in [-0.3, -0.25) is 9.59 Å². The molecule has 2 aliphatic heterocycles. The van der Waals surface area contributed by atoms with Gasteiger partial charge < -0.3 is 9.80 Å². The van der Waals surface area contributed by atoms with Crippen LogP contribution >= 0.6 is 11.3 Å². The summed E-state index contributed by atoms with van der Waals surface area (Å²) in [5, 5.41) is 3.79. The van der Waals surface area contributed by atoms with Crippen LogP contribution in [0.15, 0.2) is 22.9 Å². The summed E-state index contributed by atoms with van der Waals surface area (Å²) < 4.78 is 90.0. The average Bonchev–Trinajstić information content (AvgIpc) is 3.39. The minimum atomic E-state index is -6.16. The van der Waals surface area contributed by atoms with Crippen LogP contribution in [0.5, 0.6) is 0 Å². The maximum absolute atomic E-state index is 13.8. The van der Waals surface area contributed by atoms with Gasteiger partial charge in [0.2, 0.25) is 11.8 Å². The minimum Gasteiger partial charge on any atom is -0.342 e. The van der Waals surface area contributed by atoms with Crippen LogP contribution < -0.4 is 0 Å². The number of thiophene rings is 1. The maximum Gasteiger partial charge on any atom is 0.431 e. The van der Waals surface area contributed by atoms with E-state index < -0.39 is 36.8 Å². The molecule has 1 aromatic heterocycles. The molecule has 2 amide bonds. The molecule has 0 N–H and O–H groups in total. The van der Waals surface area contributed by atoms with Crippen LogP contribution in [0.4, 0.5) is 30.7 Å². The average molecular weight is 500 g/mol. The summed E-state index contributed by atoms with van der Waals surface area (Å²) in [6, 6.07) is 1.88. The van der Waals surface area contributed by atoms with E-state index >= 15 is 0 Å². The molecule has 0 saturated carbocycles. The third-order valence-electron chi connectivity index (χ3n) is 6.47. The van der Waals surface area contributed by atoms with Gasteiger partial charge in [0.15, 0.2) is 0 Å². The first-order valence-corrected chi connectivity index (χ1v) is 11.3. The van der Waals surface area contributed by atoms with E-state index in [4.69, 9.17) is 0 Å². The topological polar surface area (TPSA) is 40.6 Å². The van der Waals surface area contributed by atoms with Gasteiger partial charge in [-0.15, -0.1) is 0 Å². The Kier molecular flexibility index (Phi) is 7.16. The van der Waals surface area contributed by atoms with Gasteiger partial charge in [-0.2, -0.15) is 37.7 Å². The van der Waals surface area contributed by atoms with Crippen LogP contribution in [0.3, 0.4) is 0 Å². The van der Waals surface area contributed by atoms with Crippen LogP contribution in [0.1, 0.15) is 37.7 Å². The fourth-order valence-electron chi connectivity index (χ4n) is 4.28. The first kappa shape index (κ1) is 25.5. The normalized spacial score (nSPS) is 19.6. The van der Waals surface area contributed by atoms with E-state index in [0.29, 0.717) is 32.4 Å². The Morgan fingerprint density at radius 2 is 1.55 bits per heavy atom. The number of hydrogen-bond acceptors (Lipinski definition) is 3. The van der Waals surface area contributed by atoms with Crippen molar-refractivity contribution >= 4 is 29.2 Å². The molecule has 1 aromatic rings. The second-order valence-corrected chi connectivity index (χ2v) is 9.36. The SMILES string of the molecule is O=C(C=Cc1ccsc1)N1CCC2(CC1)CCN(C(=O)CCC(F)(C(F)(F)F)C(F)(F)F)C2. The quantitative estimate of drug-likeness (QED) is 0.411. The molecule has 0 bridgehead atoms. The van der Waals surface area contributed by atoms with E-state index in [-0.39, 0.29) is 24.4 Å². The number of rotatable bonds is 5. The zero-order valence-corrected chi connectivity index (χ0v) is 18.3. The lowest BCUT2D eigenvalue weighted by Crippen LogP contribution is -2.53. The second kappa shape index (κ2) is 9.27. The number of carbonyl (C=O) groups is 2. The molecule has 0 aromatic carbocycles. The van der Waals surface area contributed by atoms with Gasteiger partial charge in [-0.05, 0) is 53.1 Å². The van der Waals surface area contributed by atoms with Crippen molar-refractivity contribution in [3.05, 3.63) is 28.5 Å². The van der Waals surface area contributed by atoms with E-state index in [1.165, 1.54) is 22.3 Å². The van der Waals surface area contributed by atoms with Gasteiger partial charge in [0, 0.05) is 45.1 Å². The molecule has 1 spiro atoms. The molecule has 2 aliphatic rings. The van der Waals surface area contributed by atoms with Crippen molar-refractivity contribution in [1.82, 2.24) is 9.80 Å². The van der Waals surface area contributed by atoms with E-state index in [9.17, 15) is 40.3 Å². The van der Waals surface area contributed by atoms with Gasteiger partial charge in [-0.25, -0.2) is 4.39 Å². The zero-order chi connectivity index (χ0) is 24.5. The summed E-state index contributed by atoms with van der Waals surface area (Å²) in [5.74, 6) is -1.08. The molecular weight excluding hydrogens is 477 g/mol. The van der Waals surface area contributed by atoms with Crippen molar-refractivity contribution in [3.63, 3.8) is 0 Å². The third kappa shape index (κ3) is 5.52. The smallest absolute Gasteiger partial charge is 0.342 e. The summed E-state index contributed by atoms with van der Waals surface area (Å²) in [4.78, 5) is 27.5. The number of nitrogens with zero attached hydrogens (tertiary/aromatic N) is 2. The highest BCUT2D eigenvalue weighted by Gasteiger charge is 2.72. The molecule has 12 heteroatoms. The highest BCUT2D eigenvalue weighted by molar-refractivity contribution is 7.08. The Morgan fingerprint density at radius 1 is 0.970 bits per heavy atom. The van der Waals surface area contributed by atoms with Crippen molar-refractivity contribution in [2.24, 2.45) is 5.41 Å². The van der Waals surface area contributed by atoms with E-state index in [0.717, 1.165) is 5.56 Å². The zero-order valence-electron chi connectivity index (χ0n) is 17.5. The van der Waals surface area contributed by atoms with Crippen molar-refractivity contribution in [1.29, 1.82) is 0 Å². The Hall–Kier alpha value is -2.11. The fraction of sp³-hybridized carbons (Fsp3) is 0.619. The molecule has 4 nitrogen and oxygen atoms in total. The fourth-order valence-corrected chi connectivity index (χ4v) is 4.91. The van der Waals surface area contributed by atoms with Crippen molar-refractivity contribution in [2.45, 2.75) is 50.1 Å². The Morgan fingerprint density at radius 3 is 2.06 bits per heavy atom. The van der Waals surface area contributed by atoms with Crippen molar-refractivity contribution in [3.8, 4) is 0 Å². The summed E-state index contributed by atoms with van der Waals surface area (Å²) in [5.41, 5.74) is -4.85. The lowest BCUT2D eigenvalue weighted by atomic mass is 9.77. The molecule has 0 aliphatic carbocycles. The largest absolute Gasteiger partial charge is 0.431 e. The minimum absolute atomic E-state index is 0.152. The van der Waals surface area contributed by atoms with E-state index in [2.05, 4.69) is 0 Å². The first-order chi connectivity index (χ1) is 15.3. The molecular formula is C21H23F7N2O2S. The van der Waals surface area contributed by atoms with Crippen LogP contribution in [0.2, 0.25) is 0 Å². The van der Waals surface area contributed by atoms with Gasteiger partial charge in [0.25, 0.3) is 5.67 Å². The van der Waals surface area contributed by atoms with Crippen molar-refractivity contribution < 1.29 is 40.3 Å². The summed E-state index contributed by atoms with van der Waals surface area (Å²) >= 11 is 1.51. The standard InChI is InChI=1S/C21H23F7N2O2S/c22-19(20(23,24)25,21(26,27)28)5-3-17(32)30-11-8-18(14-30)6-9-29(10-7-18)16(31)2-1-15-4-12-33-13-15/h1-2,4,12-13H,3,5-11,14H2. The lowest BCUT2D eigenvalue weighted by Gasteiger charge is -2.39. The third-order valence-corrected chi connectivity index (χ3v) is 7.17. The van der Waals surface area contributed by atoms with Gasteiger partial charge in [0.05, 0.1) is 0 Å². The molecule has 33 heavy (non-hydrogen) atoms. The Labute approximate surface area is 190 Å². The van der Waals surface area contributed by atoms with Gasteiger partial charge >= 0.3 is 12.4 Å². The molecule has 0 unspecified atom stereocenters. The number of hydrogen-bond donors (Lipinski definition) is 0. The first-order valence-electron chi connectivity index (χ1n) is 10.4. The summed E-state index contributed by atoms with van der Waals surface area (Å²) in [6.45, 7) is 1.23. The predicted octanol–water partition coefficient (Wildman–Crippen LogP) is 5.22. The number of amides is 2. The molecule has 2 fully saturated rings. The highest BCUT2D eigenvalue weighted by atomic mass is 32.1. The van der Waals surface area contributed by atoms with Crippen LogP contribution in [-0.4, -0.2) is 65.8 Å². The Bertz CT molecular complexity index is 858. The number of halogens is 7. The molecule has 184 valence electrons. The summed E-state index contributed by atoms with van der Waals surface area (Å²) in [6.07, 6.45) is -10.7. The number of carbonyl (C=O) groups excluding carboxylic acids is 2. The number of likely N-dealkylation sites (tertiary alicyclic amines) is 2. The molecule has 2 saturated heterocycles. The Balaban J connectivity index is 1.52. The molecule has 3 heterocycles. The predicted molar refractivity (Wildman–Crippen MR) is 108 cm³/mol. The van der Waals surface area contributed by atoms with Crippen LogP contribution in [0.25, 0.3) is 6.08 Å². The lowest BCUT2D eigenvalue weighted by molar-refractivity contribution is -0.343. The maximum atomic E-state index is 13.8. The van der Waals surface area contributed by atoms with Crippen LogP contribution in [-0.2, 0) is 9.59 Å². The van der Waals surface area contributed by atoms with Gasteiger partial charge in [-0.1, -0.05) is 0 Å². The van der Waals surface area contributed by atoms with Crippen LogP contribution in [0, 0.1) is 5.41 Å². The highest BCUT2D eigenvalue weighted by Crippen LogP contribution is 2.49. The summed E-state index contributed by atoms with van der Waals surface area (Å²) in [7, 11) is 0. The van der Waals surface area contributed by atoms with Gasteiger partial charge in [0.1, 0.15) is 0 Å². The monoisotopic (exact) mass is 500 g/mol. The number of piperidine rings is 1. The molecule has 3 rings (SSSR count).